The number of nitrogen functional groups attached to an aromatic ring is 1. The van der Waals surface area contributed by atoms with E-state index >= 15 is 0 Å². The lowest BCUT2D eigenvalue weighted by atomic mass is 10.2. The summed E-state index contributed by atoms with van der Waals surface area (Å²) in [7, 11) is 0. The quantitative estimate of drug-likeness (QED) is 0.751. The summed E-state index contributed by atoms with van der Waals surface area (Å²) >= 11 is 3.41. The molecule has 0 amide bonds. The molecule has 0 spiro atoms. The number of hydrogen-bond donors (Lipinski definition) is 1. The van der Waals surface area contributed by atoms with Crippen LogP contribution in [0.5, 0.6) is 0 Å². The Hall–Kier alpha value is -1.88. The van der Waals surface area contributed by atoms with Crippen molar-refractivity contribution in [1.29, 1.82) is 0 Å². The Labute approximate surface area is 113 Å². The van der Waals surface area contributed by atoms with Crippen LogP contribution in [0.3, 0.4) is 0 Å². The molecule has 1 aromatic carbocycles. The van der Waals surface area contributed by atoms with Crippen molar-refractivity contribution in [3.63, 3.8) is 0 Å². The summed E-state index contributed by atoms with van der Waals surface area (Å²) in [5.74, 6) is 0.705. The van der Waals surface area contributed by atoms with Crippen molar-refractivity contribution in [2.24, 2.45) is 0 Å². The summed E-state index contributed by atoms with van der Waals surface area (Å²) in [6, 6.07) is 9.81. The lowest BCUT2D eigenvalue weighted by Gasteiger charge is -1.97. The predicted octanol–water partition coefficient (Wildman–Crippen LogP) is 3.05. The minimum atomic E-state index is 0.687. The van der Waals surface area contributed by atoms with E-state index in [9.17, 15) is 0 Å². The van der Waals surface area contributed by atoms with Crippen LogP contribution in [0.15, 0.2) is 41.0 Å². The Morgan fingerprint density at radius 1 is 1.22 bits per heavy atom. The normalized spacial score (nSPS) is 11.0. The first kappa shape index (κ1) is 11.2. The van der Waals surface area contributed by atoms with Gasteiger partial charge in [0, 0.05) is 10.0 Å². The zero-order valence-corrected chi connectivity index (χ0v) is 11.3. The first-order valence-corrected chi connectivity index (χ1v) is 6.31. The van der Waals surface area contributed by atoms with Gasteiger partial charge in [0.25, 0.3) is 0 Å². The van der Waals surface area contributed by atoms with Crippen LogP contribution < -0.4 is 5.73 Å². The number of nitrogens with two attached hydrogens (primary N) is 1. The minimum absolute atomic E-state index is 0.687. The SMILES string of the molecule is Cc1cc(N)cn2nc(-c3ccc(Br)cc3)nc12. The molecule has 3 aromatic rings. The van der Waals surface area contributed by atoms with E-state index in [2.05, 4.69) is 26.0 Å². The smallest absolute Gasteiger partial charge is 0.182 e. The highest BCUT2D eigenvalue weighted by Crippen LogP contribution is 2.21. The van der Waals surface area contributed by atoms with Crippen molar-refractivity contribution < 1.29 is 0 Å². The second-order valence-corrected chi connectivity index (χ2v) is 5.08. The van der Waals surface area contributed by atoms with E-state index in [4.69, 9.17) is 5.73 Å². The molecule has 0 unspecified atom stereocenters. The van der Waals surface area contributed by atoms with Gasteiger partial charge >= 0.3 is 0 Å². The maximum atomic E-state index is 5.80. The van der Waals surface area contributed by atoms with Crippen molar-refractivity contribution in [3.8, 4) is 11.4 Å². The van der Waals surface area contributed by atoms with Crippen LogP contribution in [0.2, 0.25) is 0 Å². The number of anilines is 1. The molecule has 0 aliphatic carbocycles. The van der Waals surface area contributed by atoms with E-state index in [1.807, 2.05) is 37.3 Å². The average Bonchev–Trinajstić information content (AvgIpc) is 2.74. The molecule has 0 atom stereocenters. The number of halogens is 1. The van der Waals surface area contributed by atoms with Crippen molar-refractivity contribution >= 4 is 27.3 Å². The molecule has 0 saturated carbocycles. The molecule has 5 heteroatoms. The molecule has 0 fully saturated rings. The number of hydrogen-bond acceptors (Lipinski definition) is 3. The number of fused-ring (bicyclic) bond motifs is 1. The van der Waals surface area contributed by atoms with Crippen LogP contribution >= 0.6 is 15.9 Å². The van der Waals surface area contributed by atoms with Gasteiger partial charge in [-0.1, -0.05) is 28.1 Å². The molecule has 0 bridgehead atoms. The van der Waals surface area contributed by atoms with Gasteiger partial charge < -0.3 is 5.73 Å². The molecule has 90 valence electrons. The van der Waals surface area contributed by atoms with Gasteiger partial charge in [-0.25, -0.2) is 9.50 Å². The number of rotatable bonds is 1. The van der Waals surface area contributed by atoms with Crippen LogP contribution in [0, 0.1) is 6.92 Å². The lowest BCUT2D eigenvalue weighted by Crippen LogP contribution is -1.94. The second-order valence-electron chi connectivity index (χ2n) is 4.17. The van der Waals surface area contributed by atoms with E-state index in [1.54, 1.807) is 10.7 Å². The van der Waals surface area contributed by atoms with Crippen molar-refractivity contribution in [2.45, 2.75) is 6.92 Å². The largest absolute Gasteiger partial charge is 0.397 e. The van der Waals surface area contributed by atoms with Crippen LogP contribution in [-0.4, -0.2) is 14.6 Å². The summed E-state index contributed by atoms with van der Waals surface area (Å²) in [5, 5.41) is 4.44. The molecule has 2 N–H and O–H groups in total. The fraction of sp³-hybridized carbons (Fsp3) is 0.0769. The molecule has 2 heterocycles. The monoisotopic (exact) mass is 302 g/mol. The molecular weight excluding hydrogens is 292 g/mol. The number of nitrogens with zero attached hydrogens (tertiary/aromatic N) is 3. The summed E-state index contributed by atoms with van der Waals surface area (Å²) in [6.45, 7) is 1.98. The standard InChI is InChI=1S/C13H11BrN4/c1-8-6-11(15)7-18-13(8)16-12(17-18)9-2-4-10(14)5-3-9/h2-7H,15H2,1H3. The van der Waals surface area contributed by atoms with E-state index in [0.717, 1.165) is 21.2 Å². The Morgan fingerprint density at radius 3 is 2.67 bits per heavy atom. The Balaban J connectivity index is 2.19. The molecule has 0 radical (unpaired) electrons. The molecule has 3 rings (SSSR count). The van der Waals surface area contributed by atoms with Gasteiger partial charge in [0.05, 0.1) is 11.9 Å². The van der Waals surface area contributed by atoms with E-state index in [-0.39, 0.29) is 0 Å². The third kappa shape index (κ3) is 1.86. The van der Waals surface area contributed by atoms with Crippen molar-refractivity contribution in [2.75, 3.05) is 5.73 Å². The highest BCUT2D eigenvalue weighted by atomic mass is 79.9. The highest BCUT2D eigenvalue weighted by molar-refractivity contribution is 9.10. The van der Waals surface area contributed by atoms with Gasteiger partial charge in [-0.05, 0) is 30.7 Å². The third-order valence-corrected chi connectivity index (χ3v) is 3.27. The summed E-state index contributed by atoms with van der Waals surface area (Å²) in [4.78, 5) is 4.53. The third-order valence-electron chi connectivity index (χ3n) is 2.74. The highest BCUT2D eigenvalue weighted by Gasteiger charge is 2.08. The predicted molar refractivity (Wildman–Crippen MR) is 75.3 cm³/mol. The Bertz CT molecular complexity index is 716. The molecule has 2 aromatic heterocycles. The van der Waals surface area contributed by atoms with Crippen LogP contribution in [0.1, 0.15) is 5.56 Å². The van der Waals surface area contributed by atoms with Crippen molar-refractivity contribution in [3.05, 3.63) is 46.6 Å². The van der Waals surface area contributed by atoms with Crippen LogP contribution in [0.4, 0.5) is 5.69 Å². The summed E-state index contributed by atoms with van der Waals surface area (Å²) < 4.78 is 2.76. The van der Waals surface area contributed by atoms with Gasteiger partial charge in [0.15, 0.2) is 11.5 Å². The Kier molecular flexibility index (Phi) is 2.56. The number of aryl methyl sites for hydroxylation is 1. The lowest BCUT2D eigenvalue weighted by molar-refractivity contribution is 0.963. The number of aromatic nitrogens is 3. The van der Waals surface area contributed by atoms with Gasteiger partial charge in [0.2, 0.25) is 0 Å². The molecule has 4 nitrogen and oxygen atoms in total. The number of pyridine rings is 1. The maximum Gasteiger partial charge on any atom is 0.182 e. The van der Waals surface area contributed by atoms with Crippen LogP contribution in [-0.2, 0) is 0 Å². The topological polar surface area (TPSA) is 56.2 Å². The van der Waals surface area contributed by atoms with Crippen LogP contribution in [0.25, 0.3) is 17.0 Å². The maximum absolute atomic E-state index is 5.80. The molecule has 0 saturated heterocycles. The summed E-state index contributed by atoms with van der Waals surface area (Å²) in [6.07, 6.45) is 1.78. The second kappa shape index (κ2) is 4.10. The zero-order valence-electron chi connectivity index (χ0n) is 9.76. The minimum Gasteiger partial charge on any atom is -0.397 e. The fourth-order valence-electron chi connectivity index (χ4n) is 1.90. The number of benzene rings is 1. The van der Waals surface area contributed by atoms with E-state index in [0.29, 0.717) is 11.5 Å². The first-order chi connectivity index (χ1) is 8.63. The van der Waals surface area contributed by atoms with E-state index in [1.165, 1.54) is 0 Å². The summed E-state index contributed by atoms with van der Waals surface area (Å²) in [5.41, 5.74) is 9.33. The van der Waals surface area contributed by atoms with Gasteiger partial charge in [-0.2, -0.15) is 0 Å². The molecule has 0 aliphatic rings. The van der Waals surface area contributed by atoms with Gasteiger partial charge in [-0.3, -0.25) is 0 Å². The Morgan fingerprint density at radius 2 is 1.94 bits per heavy atom. The zero-order chi connectivity index (χ0) is 12.7. The van der Waals surface area contributed by atoms with Gasteiger partial charge in [-0.15, -0.1) is 5.10 Å². The van der Waals surface area contributed by atoms with Gasteiger partial charge in [0.1, 0.15) is 0 Å². The molecular formula is C13H11BrN4. The van der Waals surface area contributed by atoms with E-state index < -0.39 is 0 Å². The molecule has 0 aliphatic heterocycles. The average molecular weight is 303 g/mol. The first-order valence-electron chi connectivity index (χ1n) is 5.52. The van der Waals surface area contributed by atoms with Crippen molar-refractivity contribution in [1.82, 2.24) is 14.6 Å². The fourth-order valence-corrected chi connectivity index (χ4v) is 2.16. The molecule has 18 heavy (non-hydrogen) atoms.